The van der Waals surface area contributed by atoms with Crippen LogP contribution in [0.1, 0.15) is 6.92 Å². The van der Waals surface area contributed by atoms with E-state index in [1.54, 1.807) is 0 Å². The topological polar surface area (TPSA) is 94.8 Å². The molecule has 3 N–H and O–H groups in total. The van der Waals surface area contributed by atoms with Crippen molar-refractivity contribution in [1.82, 2.24) is 0 Å². The van der Waals surface area contributed by atoms with Crippen molar-refractivity contribution in [3.63, 3.8) is 0 Å². The van der Waals surface area contributed by atoms with Crippen molar-refractivity contribution in [2.24, 2.45) is 0 Å². The van der Waals surface area contributed by atoms with Crippen molar-refractivity contribution < 1.29 is 23.2 Å². The summed E-state index contributed by atoms with van der Waals surface area (Å²) in [6.07, 6.45) is 0. The van der Waals surface area contributed by atoms with E-state index in [2.05, 4.69) is 13.2 Å². The highest BCUT2D eigenvalue weighted by atomic mass is 32.2. The second kappa shape index (κ2) is 3.67. The highest BCUT2D eigenvalue weighted by Crippen LogP contribution is 2.04. The first-order valence-electron chi connectivity index (χ1n) is 2.17. The number of hydrogen-bond acceptors (Lipinski definition) is 4. The summed E-state index contributed by atoms with van der Waals surface area (Å²) >= 11 is 0. The maximum Gasteiger partial charge on any atom is 0.321 e. The van der Waals surface area contributed by atoms with E-state index in [4.69, 9.17) is 14.8 Å². The van der Waals surface area contributed by atoms with Gasteiger partial charge in [0.25, 0.3) is 5.12 Å². The summed E-state index contributed by atoms with van der Waals surface area (Å²) < 4.78 is 27.2. The van der Waals surface area contributed by atoms with Crippen LogP contribution in [0.2, 0.25) is 0 Å². The molecule has 0 spiro atoms. The van der Waals surface area contributed by atoms with Crippen LogP contribution < -0.4 is 0 Å². The lowest BCUT2D eigenvalue weighted by molar-refractivity contribution is -0.0743. The second-order valence-corrected chi connectivity index (χ2v) is 3.13. The number of rotatable bonds is 1. The third kappa shape index (κ3) is 4.45. The fourth-order valence-corrected chi connectivity index (χ4v) is 0. The average molecular weight is 170 g/mol. The van der Waals surface area contributed by atoms with Crippen molar-refractivity contribution in [2.45, 2.75) is 12.0 Å². The highest BCUT2D eigenvalue weighted by Gasteiger charge is 2.31. The standard InChI is InChI=1S/C2H6O5S.C2H4/c1-2(3,4)8(5,6)7;1-2/h3-4H,1H3,(H,5,6,7);1-2H2. The van der Waals surface area contributed by atoms with E-state index in [0.717, 1.165) is 0 Å². The summed E-state index contributed by atoms with van der Waals surface area (Å²) in [5.74, 6) is 0. The van der Waals surface area contributed by atoms with Crippen LogP contribution in [0, 0.1) is 0 Å². The fourth-order valence-electron chi connectivity index (χ4n) is 0. The summed E-state index contributed by atoms with van der Waals surface area (Å²) in [5, 5.41) is 13.1. The molecule has 0 saturated heterocycles. The van der Waals surface area contributed by atoms with Gasteiger partial charge >= 0.3 is 10.1 Å². The monoisotopic (exact) mass is 170 g/mol. The third-order valence-electron chi connectivity index (χ3n) is 0.489. The maximum absolute atomic E-state index is 9.71. The van der Waals surface area contributed by atoms with Crippen LogP contribution in [0.3, 0.4) is 0 Å². The van der Waals surface area contributed by atoms with Crippen LogP contribution >= 0.6 is 0 Å². The second-order valence-electron chi connectivity index (χ2n) is 1.41. The van der Waals surface area contributed by atoms with Crippen LogP contribution in [0.4, 0.5) is 0 Å². The van der Waals surface area contributed by atoms with Gasteiger partial charge in [0.05, 0.1) is 0 Å². The van der Waals surface area contributed by atoms with Crippen molar-refractivity contribution in [2.75, 3.05) is 0 Å². The van der Waals surface area contributed by atoms with E-state index < -0.39 is 15.2 Å². The van der Waals surface area contributed by atoms with Gasteiger partial charge in [-0.2, -0.15) is 8.42 Å². The zero-order valence-corrected chi connectivity index (χ0v) is 6.30. The van der Waals surface area contributed by atoms with E-state index in [-0.39, 0.29) is 0 Å². The quantitative estimate of drug-likeness (QED) is 0.276. The van der Waals surface area contributed by atoms with Crippen LogP contribution in [-0.4, -0.2) is 28.3 Å². The van der Waals surface area contributed by atoms with Gasteiger partial charge in [0.1, 0.15) is 0 Å². The van der Waals surface area contributed by atoms with Crippen molar-refractivity contribution in [3.05, 3.63) is 13.2 Å². The lowest BCUT2D eigenvalue weighted by atomic mass is 10.8. The summed E-state index contributed by atoms with van der Waals surface area (Å²) in [6.45, 7) is 6.54. The molecule has 0 aromatic heterocycles. The van der Waals surface area contributed by atoms with Gasteiger partial charge in [-0.15, -0.1) is 13.2 Å². The normalized spacial score (nSPS) is 11.6. The number of aliphatic hydroxyl groups is 2. The Morgan fingerprint density at radius 3 is 1.40 bits per heavy atom. The first-order chi connectivity index (χ1) is 4.25. The average Bonchev–Trinajstić information content (AvgIpc) is 1.66. The van der Waals surface area contributed by atoms with Crippen LogP contribution in [0.5, 0.6) is 0 Å². The van der Waals surface area contributed by atoms with Gasteiger partial charge in [0.15, 0.2) is 0 Å². The molecule has 0 fully saturated rings. The van der Waals surface area contributed by atoms with E-state index in [1.807, 2.05) is 0 Å². The minimum atomic E-state index is -4.73. The third-order valence-corrected chi connectivity index (χ3v) is 1.47. The Balaban J connectivity index is 0. The molecule has 0 unspecified atom stereocenters. The van der Waals surface area contributed by atoms with Gasteiger partial charge in [-0.1, -0.05) is 0 Å². The zero-order chi connectivity index (χ0) is 9.00. The molecule has 6 heteroatoms. The molecule has 0 aliphatic rings. The van der Waals surface area contributed by atoms with E-state index in [9.17, 15) is 8.42 Å². The molecule has 0 aliphatic carbocycles. The molecule has 10 heavy (non-hydrogen) atoms. The summed E-state index contributed by atoms with van der Waals surface area (Å²) in [6, 6.07) is 0. The van der Waals surface area contributed by atoms with Crippen molar-refractivity contribution in [1.29, 1.82) is 0 Å². The van der Waals surface area contributed by atoms with Crippen LogP contribution in [0.15, 0.2) is 13.2 Å². The van der Waals surface area contributed by atoms with E-state index >= 15 is 0 Å². The summed E-state index contributed by atoms with van der Waals surface area (Å²) in [4.78, 5) is 0. The Hall–Kier alpha value is -0.430. The predicted molar refractivity (Wildman–Crippen MR) is 35.6 cm³/mol. The molecule has 62 valence electrons. The van der Waals surface area contributed by atoms with Crippen molar-refractivity contribution in [3.8, 4) is 0 Å². The summed E-state index contributed by atoms with van der Waals surface area (Å²) in [7, 11) is -4.73. The molecule has 0 amide bonds. The lowest BCUT2D eigenvalue weighted by Gasteiger charge is -2.09. The Morgan fingerprint density at radius 2 is 1.40 bits per heavy atom. The first kappa shape index (κ1) is 12.3. The first-order valence-corrected chi connectivity index (χ1v) is 3.61. The molecule has 0 saturated carbocycles. The molecule has 0 radical (unpaired) electrons. The molecule has 0 heterocycles. The molecule has 0 aliphatic heterocycles. The lowest BCUT2D eigenvalue weighted by Crippen LogP contribution is -2.33. The molecule has 0 aromatic carbocycles. The Bertz CT molecular complexity index is 174. The minimum Gasteiger partial charge on any atom is -0.352 e. The van der Waals surface area contributed by atoms with Gasteiger partial charge in [-0.3, -0.25) is 4.55 Å². The minimum absolute atomic E-state index is 0.544. The predicted octanol–water partition coefficient (Wildman–Crippen LogP) is -0.665. The maximum atomic E-state index is 9.71. The fraction of sp³-hybridized carbons (Fsp3) is 0.500. The van der Waals surface area contributed by atoms with Gasteiger partial charge in [-0.05, 0) is 0 Å². The Kier molecular flexibility index (Phi) is 4.50. The molecular formula is C4H10O5S. The molecular weight excluding hydrogens is 160 g/mol. The molecule has 5 nitrogen and oxygen atoms in total. The van der Waals surface area contributed by atoms with E-state index in [0.29, 0.717) is 6.92 Å². The van der Waals surface area contributed by atoms with Crippen molar-refractivity contribution >= 4 is 10.1 Å². The van der Waals surface area contributed by atoms with Gasteiger partial charge in [-0.25, -0.2) is 0 Å². The summed E-state index contributed by atoms with van der Waals surface area (Å²) in [5.41, 5.74) is 0. The Labute approximate surface area is 59.4 Å². The smallest absolute Gasteiger partial charge is 0.321 e. The molecule has 0 atom stereocenters. The SMILES string of the molecule is C=C.CC(O)(O)S(=O)(=O)O. The highest BCUT2D eigenvalue weighted by molar-refractivity contribution is 7.86. The Morgan fingerprint density at radius 1 is 1.30 bits per heavy atom. The number of hydrogen-bond donors (Lipinski definition) is 3. The largest absolute Gasteiger partial charge is 0.352 e. The molecule has 0 rings (SSSR count). The zero-order valence-electron chi connectivity index (χ0n) is 5.48. The molecule has 0 aromatic rings. The van der Waals surface area contributed by atoms with Gasteiger partial charge < -0.3 is 10.2 Å². The molecule has 0 bridgehead atoms. The van der Waals surface area contributed by atoms with Gasteiger partial charge in [0, 0.05) is 6.92 Å². The van der Waals surface area contributed by atoms with Gasteiger partial charge in [0.2, 0.25) is 0 Å². The van der Waals surface area contributed by atoms with E-state index in [1.165, 1.54) is 0 Å². The van der Waals surface area contributed by atoms with Crippen LogP contribution in [-0.2, 0) is 10.1 Å². The van der Waals surface area contributed by atoms with Crippen LogP contribution in [0.25, 0.3) is 0 Å².